The molecule has 0 aromatic rings. The molecule has 1 aliphatic carbocycles. The van der Waals surface area contributed by atoms with Gasteiger partial charge in [-0.3, -0.25) is 0 Å². The van der Waals surface area contributed by atoms with Crippen molar-refractivity contribution in [3.63, 3.8) is 0 Å². The summed E-state index contributed by atoms with van der Waals surface area (Å²) in [6.45, 7) is 7.56. The highest BCUT2D eigenvalue weighted by Gasteiger charge is 2.28. The van der Waals surface area contributed by atoms with E-state index in [1.54, 1.807) is 0 Å². The minimum atomic E-state index is -0.139. The number of aliphatic hydroxyl groups is 1. The number of hydrogen-bond donors (Lipinski definition) is 2. The van der Waals surface area contributed by atoms with Crippen LogP contribution in [-0.2, 0) is 0 Å². The van der Waals surface area contributed by atoms with Crippen LogP contribution in [0.1, 0.15) is 33.1 Å². The summed E-state index contributed by atoms with van der Waals surface area (Å²) in [6.07, 6.45) is 3.90. The molecule has 15 heavy (non-hydrogen) atoms. The zero-order chi connectivity index (χ0) is 11.3. The molecule has 0 aliphatic heterocycles. The second-order valence-electron chi connectivity index (χ2n) is 5.29. The van der Waals surface area contributed by atoms with E-state index in [1.165, 1.54) is 19.4 Å². The molecule has 0 saturated heterocycles. The van der Waals surface area contributed by atoms with Crippen molar-refractivity contribution in [2.24, 2.45) is 5.92 Å². The van der Waals surface area contributed by atoms with E-state index in [-0.39, 0.29) is 12.1 Å². The fraction of sp³-hybridized carbons (Fsp3) is 1.00. The van der Waals surface area contributed by atoms with Gasteiger partial charge in [0, 0.05) is 13.1 Å². The van der Waals surface area contributed by atoms with Crippen LogP contribution in [0.4, 0.5) is 0 Å². The van der Waals surface area contributed by atoms with Crippen LogP contribution < -0.4 is 5.32 Å². The van der Waals surface area contributed by atoms with E-state index in [1.807, 2.05) is 0 Å². The van der Waals surface area contributed by atoms with Crippen LogP contribution in [0, 0.1) is 5.92 Å². The quantitative estimate of drug-likeness (QED) is 0.634. The standard InChI is InChI=1S/C12H26N2O/c1-4-7-13-12(2,10-15)9-14(3)8-11-5-6-11/h11,13,15H,4-10H2,1-3H3. The van der Waals surface area contributed by atoms with Crippen LogP contribution in [0.2, 0.25) is 0 Å². The van der Waals surface area contributed by atoms with Crippen LogP contribution in [0.25, 0.3) is 0 Å². The van der Waals surface area contributed by atoms with Crippen LogP contribution in [0.3, 0.4) is 0 Å². The first kappa shape index (κ1) is 12.9. The van der Waals surface area contributed by atoms with E-state index in [0.717, 1.165) is 25.4 Å². The van der Waals surface area contributed by atoms with Gasteiger partial charge in [0.15, 0.2) is 0 Å². The molecule has 1 fully saturated rings. The lowest BCUT2D eigenvalue weighted by atomic mass is 10.0. The highest BCUT2D eigenvalue weighted by Crippen LogP contribution is 2.29. The molecular weight excluding hydrogens is 188 g/mol. The van der Waals surface area contributed by atoms with E-state index < -0.39 is 0 Å². The molecule has 1 atom stereocenters. The summed E-state index contributed by atoms with van der Waals surface area (Å²) in [5, 5.41) is 12.8. The monoisotopic (exact) mass is 214 g/mol. The number of aliphatic hydroxyl groups excluding tert-OH is 1. The lowest BCUT2D eigenvalue weighted by Gasteiger charge is -2.33. The van der Waals surface area contributed by atoms with Gasteiger partial charge in [0.25, 0.3) is 0 Å². The van der Waals surface area contributed by atoms with Crippen molar-refractivity contribution in [3.05, 3.63) is 0 Å². The first-order chi connectivity index (χ1) is 7.09. The molecule has 0 radical (unpaired) electrons. The van der Waals surface area contributed by atoms with Gasteiger partial charge in [-0.1, -0.05) is 6.92 Å². The molecule has 1 rings (SSSR count). The summed E-state index contributed by atoms with van der Waals surface area (Å²) in [6, 6.07) is 0. The van der Waals surface area contributed by atoms with Crippen LogP contribution in [0.15, 0.2) is 0 Å². The molecule has 0 spiro atoms. The lowest BCUT2D eigenvalue weighted by Crippen LogP contribution is -2.53. The number of rotatable bonds is 8. The summed E-state index contributed by atoms with van der Waals surface area (Å²) in [5.41, 5.74) is -0.139. The van der Waals surface area contributed by atoms with Gasteiger partial charge in [0.2, 0.25) is 0 Å². The van der Waals surface area contributed by atoms with Crippen molar-refractivity contribution in [3.8, 4) is 0 Å². The normalized spacial score (nSPS) is 20.6. The Morgan fingerprint density at radius 1 is 1.47 bits per heavy atom. The molecule has 0 amide bonds. The van der Waals surface area contributed by atoms with Gasteiger partial charge in [-0.25, -0.2) is 0 Å². The van der Waals surface area contributed by atoms with Crippen molar-refractivity contribution >= 4 is 0 Å². The predicted molar refractivity (Wildman–Crippen MR) is 64.0 cm³/mol. The number of nitrogens with zero attached hydrogens (tertiary/aromatic N) is 1. The molecule has 2 N–H and O–H groups in total. The minimum absolute atomic E-state index is 0.139. The fourth-order valence-corrected chi connectivity index (χ4v) is 1.99. The Labute approximate surface area is 93.9 Å². The summed E-state index contributed by atoms with van der Waals surface area (Å²) in [4.78, 5) is 2.34. The molecule has 3 nitrogen and oxygen atoms in total. The third-order valence-corrected chi connectivity index (χ3v) is 3.04. The van der Waals surface area contributed by atoms with Crippen molar-refractivity contribution < 1.29 is 5.11 Å². The number of likely N-dealkylation sites (N-methyl/N-ethyl adjacent to an activating group) is 1. The van der Waals surface area contributed by atoms with E-state index in [9.17, 15) is 5.11 Å². The van der Waals surface area contributed by atoms with E-state index >= 15 is 0 Å². The Bertz CT molecular complexity index is 182. The smallest absolute Gasteiger partial charge is 0.0623 e. The largest absolute Gasteiger partial charge is 0.394 e. The zero-order valence-corrected chi connectivity index (χ0v) is 10.4. The fourth-order valence-electron chi connectivity index (χ4n) is 1.99. The van der Waals surface area contributed by atoms with E-state index in [0.29, 0.717) is 0 Å². The minimum Gasteiger partial charge on any atom is -0.394 e. The van der Waals surface area contributed by atoms with Gasteiger partial charge >= 0.3 is 0 Å². The maximum atomic E-state index is 9.42. The molecule has 0 aromatic heterocycles. The topological polar surface area (TPSA) is 35.5 Å². The molecule has 0 bridgehead atoms. The van der Waals surface area contributed by atoms with Gasteiger partial charge in [-0.2, -0.15) is 0 Å². The van der Waals surface area contributed by atoms with Crippen LogP contribution >= 0.6 is 0 Å². The van der Waals surface area contributed by atoms with E-state index in [2.05, 4.69) is 31.1 Å². The lowest BCUT2D eigenvalue weighted by molar-refractivity contribution is 0.130. The van der Waals surface area contributed by atoms with Crippen molar-refractivity contribution in [1.82, 2.24) is 10.2 Å². The third-order valence-electron chi connectivity index (χ3n) is 3.04. The first-order valence-corrected chi connectivity index (χ1v) is 6.14. The van der Waals surface area contributed by atoms with Crippen molar-refractivity contribution in [2.75, 3.05) is 33.3 Å². The second-order valence-corrected chi connectivity index (χ2v) is 5.29. The Morgan fingerprint density at radius 3 is 2.60 bits per heavy atom. The Kier molecular flexibility index (Phi) is 5.03. The molecule has 1 unspecified atom stereocenters. The van der Waals surface area contributed by atoms with Gasteiger partial charge in [0.1, 0.15) is 0 Å². The Morgan fingerprint density at radius 2 is 2.13 bits per heavy atom. The summed E-state index contributed by atoms with van der Waals surface area (Å²) in [5.74, 6) is 0.920. The maximum absolute atomic E-state index is 9.42. The van der Waals surface area contributed by atoms with E-state index in [4.69, 9.17) is 0 Å². The molecule has 1 saturated carbocycles. The predicted octanol–water partition coefficient (Wildman–Crippen LogP) is 1.08. The number of hydrogen-bond acceptors (Lipinski definition) is 3. The summed E-state index contributed by atoms with van der Waals surface area (Å²) in [7, 11) is 2.15. The van der Waals surface area contributed by atoms with Crippen LogP contribution in [-0.4, -0.2) is 48.8 Å². The zero-order valence-electron chi connectivity index (χ0n) is 10.4. The summed E-state index contributed by atoms with van der Waals surface area (Å²) < 4.78 is 0. The molecule has 90 valence electrons. The highest BCUT2D eigenvalue weighted by molar-refractivity contribution is 4.87. The van der Waals surface area contributed by atoms with Crippen molar-refractivity contribution in [1.29, 1.82) is 0 Å². The third kappa shape index (κ3) is 4.96. The molecular formula is C12H26N2O. The first-order valence-electron chi connectivity index (χ1n) is 6.14. The Hall–Kier alpha value is -0.120. The molecule has 0 aromatic carbocycles. The molecule has 1 aliphatic rings. The average molecular weight is 214 g/mol. The van der Waals surface area contributed by atoms with Gasteiger partial charge in [0.05, 0.1) is 12.1 Å². The average Bonchev–Trinajstić information content (AvgIpc) is 2.98. The van der Waals surface area contributed by atoms with Crippen molar-refractivity contribution in [2.45, 2.75) is 38.6 Å². The molecule has 3 heteroatoms. The molecule has 0 heterocycles. The van der Waals surface area contributed by atoms with Gasteiger partial charge < -0.3 is 15.3 Å². The number of nitrogens with one attached hydrogen (secondary N) is 1. The summed E-state index contributed by atoms with van der Waals surface area (Å²) >= 11 is 0. The van der Waals surface area contributed by atoms with Gasteiger partial charge in [-0.05, 0) is 45.7 Å². The Balaban J connectivity index is 2.28. The maximum Gasteiger partial charge on any atom is 0.0623 e. The van der Waals surface area contributed by atoms with Crippen LogP contribution in [0.5, 0.6) is 0 Å². The highest BCUT2D eigenvalue weighted by atomic mass is 16.3. The SMILES string of the molecule is CCCNC(C)(CO)CN(C)CC1CC1. The second kappa shape index (κ2) is 5.83. The van der Waals surface area contributed by atoms with Gasteiger partial charge in [-0.15, -0.1) is 0 Å².